The van der Waals surface area contributed by atoms with Crippen LogP contribution in [0.3, 0.4) is 0 Å². The normalized spacial score (nSPS) is 15.1. The number of carbonyl (C=O) groups excluding carboxylic acids is 1. The first kappa shape index (κ1) is 9.03. The molecule has 1 aromatic carbocycles. The van der Waals surface area contributed by atoms with E-state index in [-0.39, 0.29) is 5.78 Å². The van der Waals surface area contributed by atoms with E-state index < -0.39 is 0 Å². The monoisotopic (exact) mass is 259 g/mol. The van der Waals surface area contributed by atoms with Gasteiger partial charge < -0.3 is 5.32 Å². The van der Waals surface area contributed by atoms with Crippen LogP contribution >= 0.6 is 27.5 Å². The number of benzene rings is 1. The van der Waals surface area contributed by atoms with E-state index in [0.29, 0.717) is 23.6 Å². The molecule has 0 fully saturated rings. The highest BCUT2D eigenvalue weighted by Crippen LogP contribution is 2.33. The summed E-state index contributed by atoms with van der Waals surface area (Å²) in [7, 11) is 0. The molecule has 2 nitrogen and oxygen atoms in total. The Morgan fingerprint density at radius 3 is 3.00 bits per heavy atom. The standard InChI is InChI=1S/C9H7BrClNO/c10-7-4-5(11)3-6-8(13)1-2-12-9(6)7/h3-4,12H,1-2H2. The maximum absolute atomic E-state index is 11.5. The Bertz CT molecular complexity index is 378. The van der Waals surface area contributed by atoms with Crippen molar-refractivity contribution in [3.63, 3.8) is 0 Å². The van der Waals surface area contributed by atoms with Gasteiger partial charge in [0, 0.05) is 28.0 Å². The molecule has 1 heterocycles. The van der Waals surface area contributed by atoms with E-state index in [1.165, 1.54) is 0 Å². The molecule has 0 radical (unpaired) electrons. The molecule has 0 amide bonds. The van der Waals surface area contributed by atoms with Crippen molar-refractivity contribution < 1.29 is 4.79 Å². The Labute approximate surface area is 89.4 Å². The maximum atomic E-state index is 11.5. The quantitative estimate of drug-likeness (QED) is 0.776. The second-order valence-corrected chi connectivity index (χ2v) is 4.20. The minimum atomic E-state index is 0.150. The largest absolute Gasteiger partial charge is 0.383 e. The summed E-state index contributed by atoms with van der Waals surface area (Å²) in [6, 6.07) is 3.49. The molecule has 1 aliphatic rings. The minimum Gasteiger partial charge on any atom is -0.383 e. The van der Waals surface area contributed by atoms with E-state index in [1.54, 1.807) is 12.1 Å². The maximum Gasteiger partial charge on any atom is 0.166 e. The van der Waals surface area contributed by atoms with Gasteiger partial charge in [-0.15, -0.1) is 0 Å². The van der Waals surface area contributed by atoms with Crippen LogP contribution in [-0.4, -0.2) is 12.3 Å². The van der Waals surface area contributed by atoms with Crippen molar-refractivity contribution in [2.45, 2.75) is 6.42 Å². The Kier molecular flexibility index (Phi) is 2.30. The molecular formula is C9H7BrClNO. The molecule has 2 rings (SSSR count). The zero-order valence-electron chi connectivity index (χ0n) is 6.73. The SMILES string of the molecule is O=C1CCNc2c(Br)cc(Cl)cc21. The van der Waals surface area contributed by atoms with Gasteiger partial charge in [-0.25, -0.2) is 0 Å². The van der Waals surface area contributed by atoms with Crippen LogP contribution in [0.2, 0.25) is 5.02 Å². The highest BCUT2D eigenvalue weighted by Gasteiger charge is 2.19. The second kappa shape index (κ2) is 3.31. The van der Waals surface area contributed by atoms with Crippen LogP contribution in [0.4, 0.5) is 5.69 Å². The average molecular weight is 261 g/mol. The molecule has 4 heteroatoms. The number of nitrogens with one attached hydrogen (secondary N) is 1. The van der Waals surface area contributed by atoms with Gasteiger partial charge >= 0.3 is 0 Å². The fraction of sp³-hybridized carbons (Fsp3) is 0.222. The number of rotatable bonds is 0. The third-order valence-electron chi connectivity index (χ3n) is 2.01. The summed E-state index contributed by atoms with van der Waals surface area (Å²) in [5.41, 5.74) is 1.55. The summed E-state index contributed by atoms with van der Waals surface area (Å²) >= 11 is 9.20. The van der Waals surface area contributed by atoms with E-state index in [0.717, 1.165) is 10.2 Å². The lowest BCUT2D eigenvalue weighted by atomic mass is 10.0. The van der Waals surface area contributed by atoms with Crippen LogP contribution in [0.5, 0.6) is 0 Å². The van der Waals surface area contributed by atoms with Crippen molar-refractivity contribution in [3.05, 3.63) is 27.2 Å². The van der Waals surface area contributed by atoms with Crippen molar-refractivity contribution in [3.8, 4) is 0 Å². The molecular weight excluding hydrogens is 253 g/mol. The van der Waals surface area contributed by atoms with Crippen molar-refractivity contribution in [1.82, 2.24) is 0 Å². The molecule has 0 bridgehead atoms. The summed E-state index contributed by atoms with van der Waals surface area (Å²) in [6.07, 6.45) is 0.541. The smallest absolute Gasteiger partial charge is 0.166 e. The molecule has 0 aliphatic carbocycles. The third kappa shape index (κ3) is 1.58. The number of hydrogen-bond donors (Lipinski definition) is 1. The van der Waals surface area contributed by atoms with Gasteiger partial charge in [-0.05, 0) is 28.1 Å². The fourth-order valence-corrected chi connectivity index (χ4v) is 2.36. The van der Waals surface area contributed by atoms with Gasteiger partial charge in [-0.1, -0.05) is 11.6 Å². The highest BCUT2D eigenvalue weighted by atomic mass is 79.9. The average Bonchev–Trinajstić information content (AvgIpc) is 2.07. The molecule has 0 saturated carbocycles. The van der Waals surface area contributed by atoms with Crippen LogP contribution in [0, 0.1) is 0 Å². The molecule has 68 valence electrons. The molecule has 0 aromatic heterocycles. The Morgan fingerprint density at radius 2 is 2.23 bits per heavy atom. The van der Waals surface area contributed by atoms with E-state index in [4.69, 9.17) is 11.6 Å². The van der Waals surface area contributed by atoms with Crippen molar-refractivity contribution in [2.24, 2.45) is 0 Å². The number of Topliss-reactive ketones (excluding diaryl/α,β-unsaturated/α-hetero) is 1. The van der Waals surface area contributed by atoms with Gasteiger partial charge in [0.05, 0.1) is 5.69 Å². The Morgan fingerprint density at radius 1 is 1.46 bits per heavy atom. The number of hydrogen-bond acceptors (Lipinski definition) is 2. The summed E-state index contributed by atoms with van der Waals surface area (Å²) in [4.78, 5) is 11.5. The van der Waals surface area contributed by atoms with Gasteiger partial charge in [0.15, 0.2) is 5.78 Å². The fourth-order valence-electron chi connectivity index (χ4n) is 1.41. The van der Waals surface area contributed by atoms with Crippen molar-refractivity contribution in [2.75, 3.05) is 11.9 Å². The lowest BCUT2D eigenvalue weighted by molar-refractivity contribution is 0.0983. The molecule has 1 N–H and O–H groups in total. The molecule has 1 aliphatic heterocycles. The number of halogens is 2. The van der Waals surface area contributed by atoms with Crippen LogP contribution in [0.25, 0.3) is 0 Å². The van der Waals surface area contributed by atoms with E-state index in [9.17, 15) is 4.79 Å². The zero-order valence-corrected chi connectivity index (χ0v) is 9.08. The topological polar surface area (TPSA) is 29.1 Å². The first-order valence-electron chi connectivity index (χ1n) is 3.94. The summed E-state index contributed by atoms with van der Waals surface area (Å²) in [5.74, 6) is 0.150. The molecule has 0 atom stereocenters. The van der Waals surface area contributed by atoms with Crippen molar-refractivity contribution in [1.29, 1.82) is 0 Å². The summed E-state index contributed by atoms with van der Waals surface area (Å²) in [5, 5.41) is 3.75. The summed E-state index contributed by atoms with van der Waals surface area (Å²) < 4.78 is 0.850. The number of anilines is 1. The Balaban J connectivity index is 2.63. The lowest BCUT2D eigenvalue weighted by Crippen LogP contribution is -2.18. The molecule has 0 saturated heterocycles. The van der Waals surface area contributed by atoms with Gasteiger partial charge in [-0.2, -0.15) is 0 Å². The first-order valence-corrected chi connectivity index (χ1v) is 5.11. The van der Waals surface area contributed by atoms with E-state index in [1.807, 2.05) is 0 Å². The molecule has 13 heavy (non-hydrogen) atoms. The number of carbonyl (C=O) groups is 1. The Hall–Kier alpha value is -0.540. The van der Waals surface area contributed by atoms with Crippen LogP contribution in [0.1, 0.15) is 16.8 Å². The van der Waals surface area contributed by atoms with Gasteiger partial charge in [0.2, 0.25) is 0 Å². The lowest BCUT2D eigenvalue weighted by Gasteiger charge is -2.18. The van der Waals surface area contributed by atoms with Crippen LogP contribution in [-0.2, 0) is 0 Å². The van der Waals surface area contributed by atoms with E-state index in [2.05, 4.69) is 21.2 Å². The third-order valence-corrected chi connectivity index (χ3v) is 2.85. The molecule has 0 spiro atoms. The van der Waals surface area contributed by atoms with Crippen molar-refractivity contribution >= 4 is 39.0 Å². The summed E-state index contributed by atoms with van der Waals surface area (Å²) in [6.45, 7) is 0.700. The second-order valence-electron chi connectivity index (χ2n) is 2.91. The zero-order chi connectivity index (χ0) is 9.42. The number of ketones is 1. The highest BCUT2D eigenvalue weighted by molar-refractivity contribution is 9.10. The van der Waals surface area contributed by atoms with Gasteiger partial charge in [-0.3, -0.25) is 4.79 Å². The first-order chi connectivity index (χ1) is 6.18. The molecule has 1 aromatic rings. The van der Waals surface area contributed by atoms with Gasteiger partial charge in [0.25, 0.3) is 0 Å². The molecule has 0 unspecified atom stereocenters. The van der Waals surface area contributed by atoms with Crippen LogP contribution in [0.15, 0.2) is 16.6 Å². The van der Waals surface area contributed by atoms with Crippen LogP contribution < -0.4 is 5.32 Å². The number of fused-ring (bicyclic) bond motifs is 1. The minimum absolute atomic E-state index is 0.150. The van der Waals surface area contributed by atoms with Gasteiger partial charge in [0.1, 0.15) is 0 Å². The predicted octanol–water partition coefficient (Wildman–Crippen LogP) is 3.10. The predicted molar refractivity (Wildman–Crippen MR) is 56.6 cm³/mol. The van der Waals surface area contributed by atoms with E-state index >= 15 is 0 Å².